The Kier molecular flexibility index (Phi) is 7.60. The van der Waals surface area contributed by atoms with Crippen LogP contribution in [0.1, 0.15) is 75.7 Å². The van der Waals surface area contributed by atoms with E-state index in [4.69, 9.17) is 18.6 Å². The Hall–Kier alpha value is -0.146. The highest BCUT2D eigenvalue weighted by Gasteiger charge is 2.51. The van der Waals surface area contributed by atoms with Crippen molar-refractivity contribution < 1.29 is 18.6 Å². The molecule has 1 fully saturated rings. The second-order valence-electron chi connectivity index (χ2n) is 11.6. The van der Waals surface area contributed by atoms with Crippen LogP contribution < -0.4 is 0 Å². The van der Waals surface area contributed by atoms with E-state index in [0.29, 0.717) is 16.6 Å². The molecule has 29 heavy (non-hydrogen) atoms. The SMILES string of the molecule is CC(C)[Si](O[C@H]1C[C@H]2OO[C@H](C=C2O[Si](C)(C)C(C)(C)C)[C@H]1C)(C(C)C)C(C)C. The van der Waals surface area contributed by atoms with Gasteiger partial charge in [-0.1, -0.05) is 69.2 Å². The molecule has 3 rings (SSSR count). The van der Waals surface area contributed by atoms with Gasteiger partial charge in [0.25, 0.3) is 0 Å². The van der Waals surface area contributed by atoms with Crippen LogP contribution in [0.2, 0.25) is 34.8 Å². The molecule has 1 aliphatic carbocycles. The first-order valence-corrected chi connectivity index (χ1v) is 16.6. The Labute approximate surface area is 181 Å². The molecule has 0 saturated carbocycles. The first-order chi connectivity index (χ1) is 13.1. The van der Waals surface area contributed by atoms with Crippen molar-refractivity contribution in [3.8, 4) is 0 Å². The molecule has 0 unspecified atom stereocenters. The summed E-state index contributed by atoms with van der Waals surface area (Å²) in [5.41, 5.74) is 1.69. The highest BCUT2D eigenvalue weighted by molar-refractivity contribution is 6.77. The van der Waals surface area contributed by atoms with Gasteiger partial charge in [-0.3, -0.25) is 0 Å². The lowest BCUT2D eigenvalue weighted by molar-refractivity contribution is -0.345. The molecule has 2 heterocycles. The molecule has 3 aliphatic rings. The number of fused-ring (bicyclic) bond motifs is 3. The van der Waals surface area contributed by atoms with Crippen molar-refractivity contribution >= 4 is 16.6 Å². The van der Waals surface area contributed by atoms with Crippen molar-refractivity contribution in [2.75, 3.05) is 0 Å². The van der Waals surface area contributed by atoms with Gasteiger partial charge in [-0.15, -0.1) is 0 Å². The molecular formula is C23H46O4Si2. The molecule has 0 amide bonds. The minimum Gasteiger partial charge on any atom is -0.545 e. The predicted octanol–water partition coefficient (Wildman–Crippen LogP) is 7.19. The minimum atomic E-state index is -1.98. The summed E-state index contributed by atoms with van der Waals surface area (Å²) >= 11 is 0. The molecule has 0 aromatic carbocycles. The van der Waals surface area contributed by atoms with Crippen LogP contribution in [-0.2, 0) is 18.6 Å². The van der Waals surface area contributed by atoms with Crippen LogP contribution in [0.5, 0.6) is 0 Å². The van der Waals surface area contributed by atoms with E-state index in [1.165, 1.54) is 0 Å². The van der Waals surface area contributed by atoms with Gasteiger partial charge in [0.2, 0.25) is 16.6 Å². The van der Waals surface area contributed by atoms with Gasteiger partial charge in [0.05, 0.1) is 6.10 Å². The van der Waals surface area contributed by atoms with E-state index in [-0.39, 0.29) is 29.3 Å². The minimum absolute atomic E-state index is 0.114. The molecule has 0 aromatic heterocycles. The third kappa shape index (κ3) is 4.87. The third-order valence-corrected chi connectivity index (χ3v) is 18.2. The van der Waals surface area contributed by atoms with E-state index in [0.717, 1.165) is 12.2 Å². The highest BCUT2D eigenvalue weighted by Crippen LogP contribution is 2.47. The van der Waals surface area contributed by atoms with E-state index in [2.05, 4.69) is 88.4 Å². The molecule has 0 radical (unpaired) electrons. The normalized spacial score (nSPS) is 28.9. The Morgan fingerprint density at radius 3 is 1.93 bits per heavy atom. The van der Waals surface area contributed by atoms with Crippen LogP contribution >= 0.6 is 0 Å². The molecule has 6 heteroatoms. The lowest BCUT2D eigenvalue weighted by atomic mass is 9.97. The molecule has 0 aromatic rings. The Morgan fingerprint density at radius 1 is 0.966 bits per heavy atom. The molecule has 1 saturated heterocycles. The molecule has 0 spiro atoms. The van der Waals surface area contributed by atoms with E-state index in [1.807, 2.05) is 0 Å². The van der Waals surface area contributed by atoms with Gasteiger partial charge in [0.1, 0.15) is 11.9 Å². The van der Waals surface area contributed by atoms with Gasteiger partial charge in [0.15, 0.2) is 6.10 Å². The standard InChI is InChI=1S/C23H46O4Si2/c1-15(2)29(16(3)4,17(5)6)27-20-14-21-22(13-19(18(20)7)24-25-21)26-28(11,12)23(8,9)10/h13,15-21H,14H2,1-12H3/t18-,19-,20+,21-/m1/s1. The van der Waals surface area contributed by atoms with Gasteiger partial charge in [-0.25, -0.2) is 9.78 Å². The maximum absolute atomic E-state index is 7.18. The van der Waals surface area contributed by atoms with E-state index in [9.17, 15) is 0 Å². The zero-order valence-corrected chi connectivity index (χ0v) is 23.0. The summed E-state index contributed by atoms with van der Waals surface area (Å²) in [5.74, 6) is 1.21. The van der Waals surface area contributed by atoms with Crippen molar-refractivity contribution in [2.24, 2.45) is 5.92 Å². The fraction of sp³-hybridized carbons (Fsp3) is 0.913. The van der Waals surface area contributed by atoms with E-state index < -0.39 is 16.6 Å². The summed E-state index contributed by atoms with van der Waals surface area (Å²) in [6, 6.07) is 0. The maximum Gasteiger partial charge on any atom is 0.250 e. The quantitative estimate of drug-likeness (QED) is 0.309. The molecule has 2 aliphatic heterocycles. The van der Waals surface area contributed by atoms with Crippen molar-refractivity contribution in [1.82, 2.24) is 0 Å². The summed E-state index contributed by atoms with van der Waals surface area (Å²) in [5, 5.41) is 0.150. The van der Waals surface area contributed by atoms with Crippen molar-refractivity contribution in [3.05, 3.63) is 11.8 Å². The van der Waals surface area contributed by atoms with Crippen LogP contribution in [0.25, 0.3) is 0 Å². The number of rotatable bonds is 7. The topological polar surface area (TPSA) is 36.9 Å². The molecule has 0 N–H and O–H groups in total. The third-order valence-electron chi connectivity index (χ3n) is 7.72. The first-order valence-electron chi connectivity index (χ1n) is 11.5. The summed E-state index contributed by atoms with van der Waals surface area (Å²) in [7, 11) is -3.91. The average molecular weight is 443 g/mol. The van der Waals surface area contributed by atoms with E-state index >= 15 is 0 Å². The van der Waals surface area contributed by atoms with E-state index in [1.54, 1.807) is 0 Å². The maximum atomic E-state index is 7.18. The van der Waals surface area contributed by atoms with Gasteiger partial charge in [-0.2, -0.15) is 0 Å². The lowest BCUT2D eigenvalue weighted by Gasteiger charge is -2.45. The molecular weight excluding hydrogens is 396 g/mol. The Bertz CT molecular complexity index is 570. The average Bonchev–Trinajstić information content (AvgIpc) is 2.77. The monoisotopic (exact) mass is 442 g/mol. The molecule has 4 nitrogen and oxygen atoms in total. The smallest absolute Gasteiger partial charge is 0.250 e. The molecule has 170 valence electrons. The summed E-state index contributed by atoms with van der Waals surface area (Å²) in [6.45, 7) is 27.7. The van der Waals surface area contributed by atoms with Crippen molar-refractivity contribution in [3.63, 3.8) is 0 Å². The Balaban J connectivity index is 2.29. The lowest BCUT2D eigenvalue weighted by Crippen LogP contribution is -2.52. The van der Waals surface area contributed by atoms with Gasteiger partial charge >= 0.3 is 0 Å². The fourth-order valence-electron chi connectivity index (χ4n) is 4.88. The Morgan fingerprint density at radius 2 is 1.48 bits per heavy atom. The van der Waals surface area contributed by atoms with Gasteiger partial charge < -0.3 is 8.85 Å². The first kappa shape index (κ1) is 25.1. The van der Waals surface area contributed by atoms with Crippen LogP contribution in [0.3, 0.4) is 0 Å². The second-order valence-corrected chi connectivity index (χ2v) is 21.8. The number of hydrogen-bond acceptors (Lipinski definition) is 4. The van der Waals surface area contributed by atoms with Crippen LogP contribution in [0.4, 0.5) is 0 Å². The van der Waals surface area contributed by atoms with Gasteiger partial charge in [0, 0.05) is 12.3 Å². The summed E-state index contributed by atoms with van der Waals surface area (Å²) in [6.07, 6.45) is 2.82. The molecule has 4 atom stereocenters. The zero-order valence-electron chi connectivity index (χ0n) is 21.0. The predicted molar refractivity (Wildman–Crippen MR) is 126 cm³/mol. The zero-order chi connectivity index (χ0) is 22.4. The summed E-state index contributed by atoms with van der Waals surface area (Å²) in [4.78, 5) is 11.6. The van der Waals surface area contributed by atoms with Gasteiger partial charge in [-0.05, 0) is 40.8 Å². The van der Waals surface area contributed by atoms with Crippen molar-refractivity contribution in [2.45, 2.75) is 129 Å². The summed E-state index contributed by atoms with van der Waals surface area (Å²) < 4.78 is 13.9. The highest BCUT2D eigenvalue weighted by atomic mass is 28.4. The van der Waals surface area contributed by atoms with Crippen molar-refractivity contribution in [1.29, 1.82) is 0 Å². The molecule has 2 bridgehead atoms. The van der Waals surface area contributed by atoms with Crippen LogP contribution in [0.15, 0.2) is 11.8 Å². The largest absolute Gasteiger partial charge is 0.545 e. The number of hydrogen-bond donors (Lipinski definition) is 0. The fourth-order valence-corrected chi connectivity index (χ4v) is 11.6. The van der Waals surface area contributed by atoms with Crippen LogP contribution in [-0.4, -0.2) is 34.9 Å². The second kappa shape index (κ2) is 8.77. The van der Waals surface area contributed by atoms with Crippen LogP contribution in [0, 0.1) is 5.92 Å².